The molecule has 0 spiro atoms. The van der Waals surface area contributed by atoms with Crippen LogP contribution < -0.4 is 4.74 Å². The molecule has 0 radical (unpaired) electrons. The molecular formula is C11H15NO3S2. The maximum Gasteiger partial charge on any atom is 0.212 e. The second-order valence-electron chi connectivity index (χ2n) is 3.84. The summed E-state index contributed by atoms with van der Waals surface area (Å²) in [5, 5.41) is -0.166. The lowest BCUT2D eigenvalue weighted by molar-refractivity contribution is 0.391. The zero-order chi connectivity index (χ0) is 12.5. The van der Waals surface area contributed by atoms with Crippen LogP contribution in [0.3, 0.4) is 0 Å². The fourth-order valence-corrected chi connectivity index (χ4v) is 4.73. The summed E-state index contributed by atoms with van der Waals surface area (Å²) in [4.78, 5) is 0. The second-order valence-corrected chi connectivity index (χ2v) is 6.96. The van der Waals surface area contributed by atoms with Gasteiger partial charge in [0.25, 0.3) is 0 Å². The Balaban J connectivity index is 2.39. The highest BCUT2D eigenvalue weighted by atomic mass is 32.2. The summed E-state index contributed by atoms with van der Waals surface area (Å²) in [5.74, 6) is 1.55. The molecule has 1 saturated heterocycles. The first kappa shape index (κ1) is 12.7. The SMILES string of the molecule is COc1ccccc1[C@@H]1SCCN1S(C)(=O)=O. The molecule has 6 heteroatoms. The molecule has 1 aliphatic rings. The van der Waals surface area contributed by atoms with Gasteiger partial charge in [0, 0.05) is 17.9 Å². The number of thioether (sulfide) groups is 1. The second kappa shape index (κ2) is 4.88. The highest BCUT2D eigenvalue weighted by Gasteiger charge is 2.34. The van der Waals surface area contributed by atoms with E-state index in [0.29, 0.717) is 6.54 Å². The van der Waals surface area contributed by atoms with Crippen LogP contribution in [-0.4, -0.2) is 38.4 Å². The maximum absolute atomic E-state index is 11.7. The first-order valence-electron chi connectivity index (χ1n) is 5.25. The minimum absolute atomic E-state index is 0.166. The fourth-order valence-electron chi connectivity index (χ4n) is 1.91. The lowest BCUT2D eigenvalue weighted by Crippen LogP contribution is -2.29. The summed E-state index contributed by atoms with van der Waals surface area (Å²) < 4.78 is 30.2. The van der Waals surface area contributed by atoms with Gasteiger partial charge in [-0.15, -0.1) is 11.8 Å². The Morgan fingerprint density at radius 3 is 2.76 bits per heavy atom. The average molecular weight is 273 g/mol. The third-order valence-corrected chi connectivity index (χ3v) is 5.30. The van der Waals surface area contributed by atoms with Crippen LogP contribution in [0.25, 0.3) is 0 Å². The van der Waals surface area contributed by atoms with E-state index in [-0.39, 0.29) is 5.37 Å². The number of nitrogens with zero attached hydrogens (tertiary/aromatic N) is 1. The molecule has 0 aromatic heterocycles. The maximum atomic E-state index is 11.7. The first-order chi connectivity index (χ1) is 8.04. The molecule has 1 aliphatic heterocycles. The molecule has 1 aromatic rings. The number of sulfonamides is 1. The van der Waals surface area contributed by atoms with E-state index in [1.54, 1.807) is 18.9 Å². The first-order valence-corrected chi connectivity index (χ1v) is 8.15. The Labute approximate surface area is 106 Å². The van der Waals surface area contributed by atoms with Gasteiger partial charge in [-0.2, -0.15) is 4.31 Å². The van der Waals surface area contributed by atoms with Gasteiger partial charge >= 0.3 is 0 Å². The standard InChI is InChI=1S/C11H15NO3S2/c1-15-10-6-4-3-5-9(10)11-12(7-8-16-11)17(2,13)14/h3-6,11H,7-8H2,1-2H3/t11-/m0/s1. The Morgan fingerprint density at radius 2 is 2.12 bits per heavy atom. The summed E-state index contributed by atoms with van der Waals surface area (Å²) in [6, 6.07) is 7.55. The van der Waals surface area contributed by atoms with Crippen molar-refractivity contribution >= 4 is 21.8 Å². The van der Waals surface area contributed by atoms with Gasteiger partial charge in [0.2, 0.25) is 10.0 Å². The Hall–Kier alpha value is -0.720. The molecule has 17 heavy (non-hydrogen) atoms. The zero-order valence-corrected chi connectivity index (χ0v) is 11.4. The lowest BCUT2D eigenvalue weighted by Gasteiger charge is -2.22. The molecule has 1 fully saturated rings. The van der Waals surface area contributed by atoms with Crippen molar-refractivity contribution in [2.45, 2.75) is 5.37 Å². The Morgan fingerprint density at radius 1 is 1.41 bits per heavy atom. The van der Waals surface area contributed by atoms with Gasteiger partial charge < -0.3 is 4.74 Å². The fraction of sp³-hybridized carbons (Fsp3) is 0.455. The molecule has 1 atom stereocenters. The summed E-state index contributed by atoms with van der Waals surface area (Å²) in [6.07, 6.45) is 1.25. The molecule has 94 valence electrons. The van der Waals surface area contributed by atoms with Crippen LogP contribution in [0, 0.1) is 0 Å². The number of ether oxygens (including phenoxy) is 1. The number of rotatable bonds is 3. The predicted molar refractivity (Wildman–Crippen MR) is 69.7 cm³/mol. The van der Waals surface area contributed by atoms with Gasteiger partial charge in [-0.25, -0.2) is 8.42 Å². The number of methoxy groups -OCH3 is 1. The van der Waals surface area contributed by atoms with Crippen molar-refractivity contribution in [1.29, 1.82) is 0 Å². The molecule has 0 aliphatic carbocycles. The number of hydrogen-bond acceptors (Lipinski definition) is 4. The molecule has 0 saturated carbocycles. The minimum atomic E-state index is -3.17. The van der Waals surface area contributed by atoms with Gasteiger partial charge in [0.15, 0.2) is 0 Å². The number of benzene rings is 1. The van der Waals surface area contributed by atoms with Gasteiger partial charge in [0.05, 0.1) is 18.7 Å². The summed E-state index contributed by atoms with van der Waals surface area (Å²) >= 11 is 1.63. The zero-order valence-electron chi connectivity index (χ0n) is 9.79. The third-order valence-electron chi connectivity index (χ3n) is 2.68. The summed E-state index contributed by atoms with van der Waals surface area (Å²) in [5.41, 5.74) is 0.919. The topological polar surface area (TPSA) is 46.6 Å². The van der Waals surface area contributed by atoms with Crippen molar-refractivity contribution < 1.29 is 13.2 Å². The van der Waals surface area contributed by atoms with Gasteiger partial charge in [-0.05, 0) is 6.07 Å². The highest BCUT2D eigenvalue weighted by molar-refractivity contribution is 8.00. The van der Waals surface area contributed by atoms with E-state index in [2.05, 4.69) is 0 Å². The number of hydrogen-bond donors (Lipinski definition) is 0. The van der Waals surface area contributed by atoms with Gasteiger partial charge in [-0.3, -0.25) is 0 Å². The summed E-state index contributed by atoms with van der Waals surface area (Å²) in [7, 11) is -1.57. The Bertz CT molecular complexity index is 501. The lowest BCUT2D eigenvalue weighted by atomic mass is 10.2. The molecule has 0 amide bonds. The normalized spacial score (nSPS) is 21.6. The van der Waals surface area contributed by atoms with Gasteiger partial charge in [-0.1, -0.05) is 18.2 Å². The molecule has 0 N–H and O–H groups in total. The van der Waals surface area contributed by atoms with Crippen molar-refractivity contribution in [3.63, 3.8) is 0 Å². The van der Waals surface area contributed by atoms with E-state index in [9.17, 15) is 8.42 Å². The van der Waals surface area contributed by atoms with Crippen molar-refractivity contribution in [2.75, 3.05) is 25.7 Å². The largest absolute Gasteiger partial charge is 0.496 e. The van der Waals surface area contributed by atoms with Crippen LogP contribution in [0.15, 0.2) is 24.3 Å². The molecule has 2 rings (SSSR count). The third kappa shape index (κ3) is 2.59. The van der Waals surface area contributed by atoms with Crippen molar-refractivity contribution in [2.24, 2.45) is 0 Å². The van der Waals surface area contributed by atoms with Crippen LogP contribution >= 0.6 is 11.8 Å². The highest BCUT2D eigenvalue weighted by Crippen LogP contribution is 2.42. The van der Waals surface area contributed by atoms with Crippen molar-refractivity contribution in [1.82, 2.24) is 4.31 Å². The molecule has 4 nitrogen and oxygen atoms in total. The predicted octanol–water partition coefficient (Wildman–Crippen LogP) is 1.70. The van der Waals surface area contributed by atoms with E-state index < -0.39 is 10.0 Å². The monoisotopic (exact) mass is 273 g/mol. The van der Waals surface area contributed by atoms with Crippen LogP contribution in [0.4, 0.5) is 0 Å². The van der Waals surface area contributed by atoms with Crippen LogP contribution in [0.1, 0.15) is 10.9 Å². The number of para-hydroxylation sites is 1. The van der Waals surface area contributed by atoms with Crippen molar-refractivity contribution in [3.8, 4) is 5.75 Å². The van der Waals surface area contributed by atoms with Gasteiger partial charge in [0.1, 0.15) is 5.75 Å². The van der Waals surface area contributed by atoms with E-state index in [1.807, 2.05) is 24.3 Å². The Kier molecular flexibility index (Phi) is 3.65. The molecular weight excluding hydrogens is 258 g/mol. The smallest absolute Gasteiger partial charge is 0.212 e. The molecule has 1 aromatic carbocycles. The molecule has 0 bridgehead atoms. The quantitative estimate of drug-likeness (QED) is 0.841. The molecule has 0 unspecified atom stereocenters. The van der Waals surface area contributed by atoms with E-state index >= 15 is 0 Å². The summed E-state index contributed by atoms with van der Waals surface area (Å²) in [6.45, 7) is 0.562. The van der Waals surface area contributed by atoms with Crippen LogP contribution in [0.5, 0.6) is 5.75 Å². The van der Waals surface area contributed by atoms with Crippen LogP contribution in [-0.2, 0) is 10.0 Å². The van der Waals surface area contributed by atoms with Crippen LogP contribution in [0.2, 0.25) is 0 Å². The van der Waals surface area contributed by atoms with E-state index in [4.69, 9.17) is 4.74 Å². The van der Waals surface area contributed by atoms with Crippen molar-refractivity contribution in [3.05, 3.63) is 29.8 Å². The van der Waals surface area contributed by atoms with E-state index in [0.717, 1.165) is 17.1 Å². The molecule has 1 heterocycles. The van der Waals surface area contributed by atoms with E-state index in [1.165, 1.54) is 10.6 Å². The minimum Gasteiger partial charge on any atom is -0.496 e. The average Bonchev–Trinajstić information content (AvgIpc) is 2.77.